The molecule has 4 rings (SSSR count). The largest absolute Gasteiger partial charge is 0.469 e. The van der Waals surface area contributed by atoms with Crippen molar-refractivity contribution >= 4 is 23.1 Å². The van der Waals surface area contributed by atoms with Crippen molar-refractivity contribution < 1.29 is 4.42 Å². The summed E-state index contributed by atoms with van der Waals surface area (Å²) in [7, 11) is 0. The van der Waals surface area contributed by atoms with Crippen molar-refractivity contribution in [1.29, 1.82) is 0 Å². The molecule has 3 heterocycles. The van der Waals surface area contributed by atoms with Crippen LogP contribution in [0.1, 0.15) is 11.5 Å². The molecule has 0 unspecified atom stereocenters. The highest BCUT2D eigenvalue weighted by Crippen LogP contribution is 2.34. The highest BCUT2D eigenvalue weighted by atomic mass is 32.2. The number of hydrogen-bond donors (Lipinski definition) is 0. The lowest BCUT2D eigenvalue weighted by Gasteiger charge is -2.08. The van der Waals surface area contributed by atoms with Crippen LogP contribution >= 0.6 is 23.1 Å². The molecule has 120 valence electrons. The summed E-state index contributed by atoms with van der Waals surface area (Å²) in [5.41, 5.74) is 2.96. The first-order valence-corrected chi connectivity index (χ1v) is 9.07. The Morgan fingerprint density at radius 3 is 2.58 bits per heavy atom. The van der Waals surface area contributed by atoms with Crippen molar-refractivity contribution in [2.24, 2.45) is 0 Å². The molecule has 3 aromatic heterocycles. The molecule has 24 heavy (non-hydrogen) atoms. The maximum Gasteiger partial charge on any atom is 0.203 e. The van der Waals surface area contributed by atoms with Gasteiger partial charge in [0.2, 0.25) is 5.16 Å². The minimum atomic E-state index is 0.767. The first-order chi connectivity index (χ1) is 11.7. The van der Waals surface area contributed by atoms with Gasteiger partial charge in [-0.1, -0.05) is 18.2 Å². The summed E-state index contributed by atoms with van der Waals surface area (Å²) in [6.45, 7) is 3.92. The molecule has 0 saturated carbocycles. The molecule has 0 spiro atoms. The number of para-hydroxylation sites is 1. The van der Waals surface area contributed by atoms with E-state index in [9.17, 15) is 0 Å². The molecule has 0 bridgehead atoms. The molecule has 0 radical (unpaired) electrons. The van der Waals surface area contributed by atoms with E-state index < -0.39 is 0 Å². The van der Waals surface area contributed by atoms with E-state index in [1.807, 2.05) is 60.2 Å². The summed E-state index contributed by atoms with van der Waals surface area (Å²) in [6.07, 6.45) is 1.67. The summed E-state index contributed by atoms with van der Waals surface area (Å²) in [5.74, 6) is 1.59. The molecule has 0 N–H and O–H groups in total. The van der Waals surface area contributed by atoms with Crippen LogP contribution in [0.3, 0.4) is 0 Å². The Bertz CT molecular complexity index is 972. The van der Waals surface area contributed by atoms with Gasteiger partial charge in [0.1, 0.15) is 5.76 Å². The van der Waals surface area contributed by atoms with Gasteiger partial charge in [0.05, 0.1) is 11.8 Å². The molecule has 4 aromatic rings. The fourth-order valence-electron chi connectivity index (χ4n) is 2.39. The summed E-state index contributed by atoms with van der Waals surface area (Å²) in [6, 6.07) is 12.0. The van der Waals surface area contributed by atoms with Gasteiger partial charge in [0, 0.05) is 16.8 Å². The van der Waals surface area contributed by atoms with Crippen LogP contribution in [0, 0.1) is 13.8 Å². The average Bonchev–Trinajstić information content (AvgIpc) is 3.29. The average molecular weight is 354 g/mol. The van der Waals surface area contributed by atoms with Gasteiger partial charge in [0.15, 0.2) is 10.2 Å². The van der Waals surface area contributed by atoms with Gasteiger partial charge in [-0.3, -0.25) is 4.57 Å². The molecule has 5 nitrogen and oxygen atoms in total. The van der Waals surface area contributed by atoms with E-state index in [0.29, 0.717) is 0 Å². The van der Waals surface area contributed by atoms with E-state index in [1.165, 1.54) is 11.8 Å². The molecule has 0 atom stereocenters. The van der Waals surface area contributed by atoms with Gasteiger partial charge in [0.25, 0.3) is 0 Å². The minimum absolute atomic E-state index is 0.767. The van der Waals surface area contributed by atoms with Crippen molar-refractivity contribution in [2.45, 2.75) is 23.3 Å². The third-order valence-corrected chi connectivity index (χ3v) is 5.53. The Labute approximate surface area is 147 Å². The standard InChI is InChI=1S/C17H14N4OS2/c1-11-10-23-17(18-11)24-16-20-19-15(14-8-9-22-12(14)2)21(16)13-6-4-3-5-7-13/h3-10H,1-2H3. The van der Waals surface area contributed by atoms with Gasteiger partial charge in [-0.25, -0.2) is 4.98 Å². The number of nitrogens with zero attached hydrogens (tertiary/aromatic N) is 4. The Kier molecular flexibility index (Phi) is 3.95. The lowest BCUT2D eigenvalue weighted by molar-refractivity contribution is 0.535. The summed E-state index contributed by atoms with van der Waals surface area (Å²) in [5, 5.41) is 11.6. The molecular weight excluding hydrogens is 340 g/mol. The predicted octanol–water partition coefficient (Wildman–Crippen LogP) is 4.75. The highest BCUT2D eigenvalue weighted by Gasteiger charge is 2.20. The van der Waals surface area contributed by atoms with Gasteiger partial charge < -0.3 is 4.42 Å². The second kappa shape index (κ2) is 6.26. The lowest BCUT2D eigenvalue weighted by Crippen LogP contribution is -1.99. The van der Waals surface area contributed by atoms with Gasteiger partial charge >= 0.3 is 0 Å². The second-order valence-electron chi connectivity index (χ2n) is 5.22. The maximum atomic E-state index is 5.44. The van der Waals surface area contributed by atoms with E-state index in [0.717, 1.165) is 38.0 Å². The number of thiazole rings is 1. The Balaban J connectivity index is 1.85. The molecule has 0 saturated heterocycles. The zero-order chi connectivity index (χ0) is 16.5. The van der Waals surface area contributed by atoms with Crippen LogP contribution in [0.2, 0.25) is 0 Å². The fourth-order valence-corrected chi connectivity index (χ4v) is 4.19. The maximum absolute atomic E-state index is 5.44. The lowest BCUT2D eigenvalue weighted by atomic mass is 10.2. The van der Waals surface area contributed by atoms with E-state index in [4.69, 9.17) is 4.42 Å². The molecular formula is C17H14N4OS2. The van der Waals surface area contributed by atoms with Crippen molar-refractivity contribution in [1.82, 2.24) is 19.7 Å². The molecule has 0 aliphatic rings. The third kappa shape index (κ3) is 2.76. The highest BCUT2D eigenvalue weighted by molar-refractivity contribution is 8.00. The molecule has 0 amide bonds. The monoisotopic (exact) mass is 354 g/mol. The number of rotatable bonds is 4. The van der Waals surface area contributed by atoms with Crippen molar-refractivity contribution in [2.75, 3.05) is 0 Å². The van der Waals surface area contributed by atoms with Gasteiger partial charge in [-0.2, -0.15) is 0 Å². The molecule has 1 aromatic carbocycles. The number of benzene rings is 1. The predicted molar refractivity (Wildman–Crippen MR) is 94.8 cm³/mol. The third-order valence-electron chi connectivity index (χ3n) is 3.52. The van der Waals surface area contributed by atoms with E-state index in [2.05, 4.69) is 15.2 Å². The van der Waals surface area contributed by atoms with Crippen LogP contribution < -0.4 is 0 Å². The normalized spacial score (nSPS) is 11.1. The minimum Gasteiger partial charge on any atom is -0.469 e. The summed E-state index contributed by atoms with van der Waals surface area (Å²) < 4.78 is 8.43. The Morgan fingerprint density at radius 1 is 1.08 bits per heavy atom. The number of hydrogen-bond acceptors (Lipinski definition) is 6. The smallest absolute Gasteiger partial charge is 0.203 e. The summed E-state index contributed by atoms with van der Waals surface area (Å²) >= 11 is 3.13. The van der Waals surface area contributed by atoms with Crippen LogP contribution in [-0.4, -0.2) is 19.7 Å². The Morgan fingerprint density at radius 2 is 1.92 bits per heavy atom. The fraction of sp³-hybridized carbons (Fsp3) is 0.118. The second-order valence-corrected chi connectivity index (χ2v) is 7.30. The van der Waals surface area contributed by atoms with Crippen LogP contribution in [0.25, 0.3) is 17.1 Å². The molecule has 7 heteroatoms. The number of aryl methyl sites for hydroxylation is 2. The first-order valence-electron chi connectivity index (χ1n) is 7.37. The van der Waals surface area contributed by atoms with Gasteiger partial charge in [-0.05, 0) is 43.8 Å². The van der Waals surface area contributed by atoms with Crippen molar-refractivity contribution in [3.05, 3.63) is 59.5 Å². The van der Waals surface area contributed by atoms with Crippen molar-refractivity contribution in [3.8, 4) is 17.1 Å². The molecule has 0 aliphatic heterocycles. The quantitative estimate of drug-likeness (QED) is 0.529. The van der Waals surface area contributed by atoms with Crippen LogP contribution in [-0.2, 0) is 0 Å². The van der Waals surface area contributed by atoms with Crippen LogP contribution in [0.4, 0.5) is 0 Å². The zero-order valence-electron chi connectivity index (χ0n) is 13.1. The number of furan rings is 1. The van der Waals surface area contributed by atoms with E-state index >= 15 is 0 Å². The van der Waals surface area contributed by atoms with E-state index in [-0.39, 0.29) is 0 Å². The summed E-state index contributed by atoms with van der Waals surface area (Å²) in [4.78, 5) is 4.51. The van der Waals surface area contributed by atoms with Crippen LogP contribution in [0.5, 0.6) is 0 Å². The molecule has 0 fully saturated rings. The molecule has 0 aliphatic carbocycles. The SMILES string of the molecule is Cc1csc(Sc2nnc(-c3ccoc3C)n2-c2ccccc2)n1. The first kappa shape index (κ1) is 15.2. The van der Waals surface area contributed by atoms with Crippen LogP contribution in [0.15, 0.2) is 62.0 Å². The van der Waals surface area contributed by atoms with Gasteiger partial charge in [-0.15, -0.1) is 21.5 Å². The zero-order valence-corrected chi connectivity index (χ0v) is 14.8. The van der Waals surface area contributed by atoms with Crippen molar-refractivity contribution in [3.63, 3.8) is 0 Å². The Hall–Kier alpha value is -2.38. The number of aromatic nitrogens is 4. The van der Waals surface area contributed by atoms with E-state index in [1.54, 1.807) is 17.6 Å². The topological polar surface area (TPSA) is 56.7 Å².